The molecule has 23 heavy (non-hydrogen) atoms. The van der Waals surface area contributed by atoms with Crippen LogP contribution in [0.15, 0.2) is 65.1 Å². The number of aryl methyl sites for hydroxylation is 1. The molecule has 3 aromatic rings. The zero-order valence-electron chi connectivity index (χ0n) is 12.5. The lowest BCUT2D eigenvalue weighted by molar-refractivity contribution is 0.102. The molecule has 3 rings (SSSR count). The third-order valence-electron chi connectivity index (χ3n) is 3.40. The summed E-state index contributed by atoms with van der Waals surface area (Å²) in [7, 11) is 0. The highest BCUT2D eigenvalue weighted by molar-refractivity contribution is 9.10. The number of benzene rings is 2. The molecule has 0 saturated carbocycles. The Morgan fingerprint density at radius 2 is 1.78 bits per heavy atom. The van der Waals surface area contributed by atoms with Gasteiger partial charge in [0.1, 0.15) is 0 Å². The Bertz CT molecular complexity index is 833. The largest absolute Gasteiger partial charge is 0.321 e. The summed E-state index contributed by atoms with van der Waals surface area (Å²) in [6.45, 7) is 1.99. The minimum atomic E-state index is -0.284. The fourth-order valence-corrected chi connectivity index (χ4v) is 2.46. The highest BCUT2D eigenvalue weighted by Gasteiger charge is 2.10. The molecule has 0 aliphatic heterocycles. The number of halogens is 1. The summed E-state index contributed by atoms with van der Waals surface area (Å²) in [5.74, 6) is -0.284. The first-order valence-corrected chi connectivity index (χ1v) is 7.89. The Morgan fingerprint density at radius 1 is 1.00 bits per heavy atom. The number of hydrogen-bond acceptors (Lipinski definition) is 3. The van der Waals surface area contributed by atoms with Gasteiger partial charge in [0, 0.05) is 15.7 Å². The van der Waals surface area contributed by atoms with Gasteiger partial charge in [-0.15, -0.1) is 10.2 Å². The lowest BCUT2D eigenvalue weighted by Gasteiger charge is -2.07. The molecular weight excluding hydrogens is 354 g/mol. The molecule has 1 heterocycles. The first kappa shape index (κ1) is 15.4. The van der Waals surface area contributed by atoms with Gasteiger partial charge in [-0.05, 0) is 36.8 Å². The molecule has 0 fully saturated rings. The molecule has 114 valence electrons. The van der Waals surface area contributed by atoms with Gasteiger partial charge in [-0.2, -0.15) is 0 Å². The van der Waals surface area contributed by atoms with Crippen LogP contribution in [-0.4, -0.2) is 16.1 Å². The van der Waals surface area contributed by atoms with Crippen LogP contribution in [0.1, 0.15) is 16.1 Å². The van der Waals surface area contributed by atoms with Crippen molar-refractivity contribution in [3.05, 3.63) is 76.4 Å². The van der Waals surface area contributed by atoms with Crippen molar-refractivity contribution in [3.8, 4) is 11.3 Å². The molecule has 5 heteroatoms. The minimum absolute atomic E-state index is 0.279. The second-order valence-electron chi connectivity index (χ2n) is 5.09. The third kappa shape index (κ3) is 3.63. The van der Waals surface area contributed by atoms with Crippen molar-refractivity contribution in [2.45, 2.75) is 6.92 Å². The molecule has 1 aromatic heterocycles. The zero-order chi connectivity index (χ0) is 16.2. The summed E-state index contributed by atoms with van der Waals surface area (Å²) in [6, 6.07) is 18.8. The van der Waals surface area contributed by atoms with E-state index in [2.05, 4.69) is 31.4 Å². The maximum atomic E-state index is 12.2. The van der Waals surface area contributed by atoms with E-state index in [0.29, 0.717) is 5.69 Å². The maximum Gasteiger partial charge on any atom is 0.276 e. The number of rotatable bonds is 3. The lowest BCUT2D eigenvalue weighted by Crippen LogP contribution is -2.14. The van der Waals surface area contributed by atoms with E-state index in [9.17, 15) is 4.79 Å². The summed E-state index contributed by atoms with van der Waals surface area (Å²) in [4.78, 5) is 12.2. The smallest absolute Gasteiger partial charge is 0.276 e. The SMILES string of the molecule is Cc1ccc(NC(=O)c2ccc(-c3ccccc3)nn2)cc1Br. The normalized spacial score (nSPS) is 10.3. The number of carbonyl (C=O) groups excluding carboxylic acids is 1. The van der Waals surface area contributed by atoms with Gasteiger partial charge < -0.3 is 5.32 Å². The summed E-state index contributed by atoms with van der Waals surface area (Å²) in [6.07, 6.45) is 0. The fraction of sp³-hybridized carbons (Fsp3) is 0.0556. The molecule has 0 atom stereocenters. The van der Waals surface area contributed by atoms with Gasteiger partial charge in [0.25, 0.3) is 5.91 Å². The first-order chi connectivity index (χ1) is 11.1. The predicted octanol–water partition coefficient (Wildman–Crippen LogP) is 4.47. The van der Waals surface area contributed by atoms with Gasteiger partial charge >= 0.3 is 0 Å². The minimum Gasteiger partial charge on any atom is -0.321 e. The summed E-state index contributed by atoms with van der Waals surface area (Å²) in [5, 5.41) is 11.0. The second-order valence-corrected chi connectivity index (χ2v) is 5.94. The molecule has 2 aromatic carbocycles. The first-order valence-electron chi connectivity index (χ1n) is 7.10. The van der Waals surface area contributed by atoms with Crippen LogP contribution in [0.5, 0.6) is 0 Å². The van der Waals surface area contributed by atoms with Crippen LogP contribution in [0, 0.1) is 6.92 Å². The van der Waals surface area contributed by atoms with Crippen molar-refractivity contribution in [1.29, 1.82) is 0 Å². The zero-order valence-corrected chi connectivity index (χ0v) is 14.0. The van der Waals surface area contributed by atoms with Crippen LogP contribution in [0.4, 0.5) is 5.69 Å². The Morgan fingerprint density at radius 3 is 2.43 bits per heavy atom. The summed E-state index contributed by atoms with van der Waals surface area (Å²) < 4.78 is 0.945. The number of nitrogens with zero attached hydrogens (tertiary/aromatic N) is 2. The molecule has 0 unspecified atom stereocenters. The number of nitrogens with one attached hydrogen (secondary N) is 1. The van der Waals surface area contributed by atoms with E-state index >= 15 is 0 Å². The lowest BCUT2D eigenvalue weighted by atomic mass is 10.1. The van der Waals surface area contributed by atoms with Crippen LogP contribution in [0.3, 0.4) is 0 Å². The van der Waals surface area contributed by atoms with Gasteiger partial charge in [0.05, 0.1) is 5.69 Å². The molecule has 1 amide bonds. The Balaban J connectivity index is 1.76. The number of carbonyl (C=O) groups is 1. The Kier molecular flexibility index (Phi) is 4.48. The van der Waals surface area contributed by atoms with Crippen molar-refractivity contribution in [2.75, 3.05) is 5.32 Å². The molecule has 0 aliphatic carbocycles. The highest BCUT2D eigenvalue weighted by atomic mass is 79.9. The average molecular weight is 368 g/mol. The predicted molar refractivity (Wildman–Crippen MR) is 94.3 cm³/mol. The Labute approximate surface area is 142 Å². The molecule has 0 bridgehead atoms. The quantitative estimate of drug-likeness (QED) is 0.742. The monoisotopic (exact) mass is 367 g/mol. The molecule has 0 saturated heterocycles. The van der Waals surface area contributed by atoms with Crippen LogP contribution in [0.25, 0.3) is 11.3 Å². The molecular formula is C18H14BrN3O. The van der Waals surface area contributed by atoms with Gasteiger partial charge in [0.15, 0.2) is 5.69 Å². The number of anilines is 1. The number of amides is 1. The Hall–Kier alpha value is -2.53. The van der Waals surface area contributed by atoms with E-state index < -0.39 is 0 Å². The standard InChI is InChI=1S/C18H14BrN3O/c1-12-7-8-14(11-15(12)19)20-18(23)17-10-9-16(21-22-17)13-5-3-2-4-6-13/h2-11H,1H3,(H,20,23). The van der Waals surface area contributed by atoms with E-state index in [-0.39, 0.29) is 11.6 Å². The van der Waals surface area contributed by atoms with Crippen LogP contribution in [0.2, 0.25) is 0 Å². The third-order valence-corrected chi connectivity index (χ3v) is 4.25. The molecule has 4 nitrogen and oxygen atoms in total. The topological polar surface area (TPSA) is 54.9 Å². The van der Waals surface area contributed by atoms with Crippen molar-refractivity contribution in [3.63, 3.8) is 0 Å². The van der Waals surface area contributed by atoms with Gasteiger partial charge in [-0.25, -0.2) is 0 Å². The summed E-state index contributed by atoms with van der Waals surface area (Å²) >= 11 is 3.45. The van der Waals surface area contributed by atoms with E-state index in [4.69, 9.17) is 0 Å². The van der Waals surface area contributed by atoms with E-state index in [1.54, 1.807) is 12.1 Å². The molecule has 0 spiro atoms. The second kappa shape index (κ2) is 6.71. The van der Waals surface area contributed by atoms with Crippen molar-refractivity contribution < 1.29 is 4.79 Å². The fourth-order valence-electron chi connectivity index (χ4n) is 2.08. The van der Waals surface area contributed by atoms with E-state index in [1.807, 2.05) is 55.5 Å². The van der Waals surface area contributed by atoms with Crippen LogP contribution < -0.4 is 5.32 Å². The van der Waals surface area contributed by atoms with Crippen molar-refractivity contribution in [2.24, 2.45) is 0 Å². The van der Waals surface area contributed by atoms with Crippen molar-refractivity contribution >= 4 is 27.5 Å². The molecule has 0 aliphatic rings. The van der Waals surface area contributed by atoms with Gasteiger partial charge in [0.2, 0.25) is 0 Å². The number of hydrogen-bond donors (Lipinski definition) is 1. The average Bonchev–Trinajstić information content (AvgIpc) is 2.59. The highest BCUT2D eigenvalue weighted by Crippen LogP contribution is 2.21. The maximum absolute atomic E-state index is 12.2. The van der Waals surface area contributed by atoms with Crippen molar-refractivity contribution in [1.82, 2.24) is 10.2 Å². The van der Waals surface area contributed by atoms with Crippen LogP contribution >= 0.6 is 15.9 Å². The van der Waals surface area contributed by atoms with Crippen LogP contribution in [-0.2, 0) is 0 Å². The van der Waals surface area contributed by atoms with E-state index in [1.165, 1.54) is 0 Å². The molecule has 0 radical (unpaired) electrons. The van der Waals surface area contributed by atoms with Gasteiger partial charge in [-0.1, -0.05) is 52.3 Å². The summed E-state index contributed by atoms with van der Waals surface area (Å²) in [5.41, 5.74) is 3.80. The number of aromatic nitrogens is 2. The molecule has 1 N–H and O–H groups in total. The van der Waals surface area contributed by atoms with Gasteiger partial charge in [-0.3, -0.25) is 4.79 Å². The van der Waals surface area contributed by atoms with E-state index in [0.717, 1.165) is 21.3 Å².